The van der Waals surface area contributed by atoms with Crippen LogP contribution in [0.3, 0.4) is 0 Å². The van der Waals surface area contributed by atoms with Crippen molar-refractivity contribution in [3.05, 3.63) is 30.1 Å². The molecule has 1 rings (SSSR count). The van der Waals surface area contributed by atoms with Crippen LogP contribution in [-0.2, 0) is 6.54 Å². The van der Waals surface area contributed by atoms with Gasteiger partial charge in [0.05, 0.1) is 12.2 Å². The molecule has 0 bridgehead atoms. The van der Waals surface area contributed by atoms with Gasteiger partial charge in [-0.05, 0) is 25.0 Å². The van der Waals surface area contributed by atoms with Crippen LogP contribution in [0.25, 0.3) is 0 Å². The lowest BCUT2D eigenvalue weighted by atomic mass is 10.2. The van der Waals surface area contributed by atoms with E-state index in [0.717, 1.165) is 24.7 Å². The van der Waals surface area contributed by atoms with Crippen molar-refractivity contribution in [2.45, 2.75) is 27.3 Å². The van der Waals surface area contributed by atoms with Crippen molar-refractivity contribution in [2.75, 3.05) is 13.1 Å². The van der Waals surface area contributed by atoms with E-state index in [2.05, 4.69) is 41.1 Å². The van der Waals surface area contributed by atoms with Crippen LogP contribution in [0.2, 0.25) is 0 Å². The lowest BCUT2D eigenvalue weighted by Gasteiger charge is -2.23. The lowest BCUT2D eigenvalue weighted by Crippen LogP contribution is -2.44. The topological polar surface area (TPSA) is 66.5 Å². The average Bonchev–Trinajstić information content (AvgIpc) is 2.38. The Kier molecular flexibility index (Phi) is 6.14. The van der Waals surface area contributed by atoms with Crippen molar-refractivity contribution >= 4 is 5.96 Å². The summed E-state index contributed by atoms with van der Waals surface area (Å²) in [7, 11) is 0. The summed E-state index contributed by atoms with van der Waals surface area (Å²) >= 11 is 0. The van der Waals surface area contributed by atoms with E-state index in [1.165, 1.54) is 0 Å². The van der Waals surface area contributed by atoms with Gasteiger partial charge in [0, 0.05) is 19.3 Å². The highest BCUT2D eigenvalue weighted by molar-refractivity contribution is 5.79. The maximum absolute atomic E-state index is 5.55. The molecular formula is C13H23N5. The fraction of sp³-hybridized carbons (Fsp3) is 0.538. The van der Waals surface area contributed by atoms with Gasteiger partial charge in [-0.15, -0.1) is 0 Å². The number of nitrogens with one attached hydrogen (secondary N) is 1. The first-order valence-electron chi connectivity index (χ1n) is 6.33. The van der Waals surface area contributed by atoms with Crippen LogP contribution in [0.1, 0.15) is 26.5 Å². The van der Waals surface area contributed by atoms with E-state index in [1.54, 1.807) is 6.20 Å². The third kappa shape index (κ3) is 4.71. The van der Waals surface area contributed by atoms with Crippen molar-refractivity contribution in [2.24, 2.45) is 16.8 Å². The molecule has 0 radical (unpaired) electrons. The molecule has 0 aliphatic heterocycles. The highest BCUT2D eigenvalue weighted by Gasteiger charge is 2.09. The predicted molar refractivity (Wildman–Crippen MR) is 74.8 cm³/mol. The van der Waals surface area contributed by atoms with E-state index >= 15 is 0 Å². The molecule has 0 amide bonds. The Balaban J connectivity index is 2.71. The highest BCUT2D eigenvalue weighted by atomic mass is 15.4. The Hall–Kier alpha value is -1.62. The third-order valence-corrected chi connectivity index (χ3v) is 2.50. The fourth-order valence-corrected chi connectivity index (χ4v) is 1.53. The van der Waals surface area contributed by atoms with Gasteiger partial charge in [0.15, 0.2) is 0 Å². The van der Waals surface area contributed by atoms with E-state index in [9.17, 15) is 0 Å². The molecule has 1 heterocycles. The molecule has 3 N–H and O–H groups in total. The summed E-state index contributed by atoms with van der Waals surface area (Å²) < 4.78 is 0. The predicted octanol–water partition coefficient (Wildman–Crippen LogP) is 1.38. The second kappa shape index (κ2) is 7.66. The van der Waals surface area contributed by atoms with Crippen LogP contribution in [0.4, 0.5) is 0 Å². The number of pyridine rings is 1. The molecule has 0 saturated heterocycles. The molecule has 1 aromatic heterocycles. The summed E-state index contributed by atoms with van der Waals surface area (Å²) in [6, 6.07) is 5.89. The SMILES string of the molecule is CCN(Cc1ccccn1)C(=NCC(C)C)NN. The minimum atomic E-state index is 0.516. The van der Waals surface area contributed by atoms with Gasteiger partial charge in [0.25, 0.3) is 0 Å². The first-order chi connectivity index (χ1) is 8.67. The zero-order valence-corrected chi connectivity index (χ0v) is 11.4. The molecule has 1 aromatic rings. The number of hydrogen-bond donors (Lipinski definition) is 2. The van der Waals surface area contributed by atoms with E-state index in [4.69, 9.17) is 5.84 Å². The van der Waals surface area contributed by atoms with Gasteiger partial charge in [0.1, 0.15) is 0 Å². The van der Waals surface area contributed by atoms with Gasteiger partial charge in [-0.1, -0.05) is 19.9 Å². The largest absolute Gasteiger partial charge is 0.336 e. The summed E-state index contributed by atoms with van der Waals surface area (Å²) in [6.45, 7) is 8.64. The second-order valence-electron chi connectivity index (χ2n) is 4.54. The maximum atomic E-state index is 5.55. The van der Waals surface area contributed by atoms with Crippen molar-refractivity contribution in [1.82, 2.24) is 15.3 Å². The lowest BCUT2D eigenvalue weighted by molar-refractivity contribution is 0.410. The van der Waals surface area contributed by atoms with Crippen LogP contribution in [-0.4, -0.2) is 28.9 Å². The summed E-state index contributed by atoms with van der Waals surface area (Å²) in [5.41, 5.74) is 3.68. The van der Waals surface area contributed by atoms with Crippen LogP contribution in [0, 0.1) is 5.92 Å². The number of guanidine groups is 1. The number of nitrogens with zero attached hydrogens (tertiary/aromatic N) is 3. The van der Waals surface area contributed by atoms with Crippen molar-refractivity contribution < 1.29 is 0 Å². The fourth-order valence-electron chi connectivity index (χ4n) is 1.53. The van der Waals surface area contributed by atoms with Crippen LogP contribution >= 0.6 is 0 Å². The Bertz CT molecular complexity index is 361. The minimum absolute atomic E-state index is 0.516. The zero-order chi connectivity index (χ0) is 13.4. The van der Waals surface area contributed by atoms with Gasteiger partial charge in [-0.2, -0.15) is 0 Å². The molecule has 18 heavy (non-hydrogen) atoms. The van der Waals surface area contributed by atoms with Gasteiger partial charge in [-0.25, -0.2) is 5.84 Å². The Morgan fingerprint density at radius 3 is 2.78 bits per heavy atom. The van der Waals surface area contributed by atoms with Crippen LogP contribution in [0.15, 0.2) is 29.4 Å². The van der Waals surface area contributed by atoms with E-state index in [1.807, 2.05) is 18.2 Å². The molecule has 0 saturated carbocycles. The molecule has 0 atom stereocenters. The first kappa shape index (κ1) is 14.4. The van der Waals surface area contributed by atoms with Gasteiger partial charge in [0.2, 0.25) is 5.96 Å². The van der Waals surface area contributed by atoms with E-state index in [-0.39, 0.29) is 0 Å². The highest BCUT2D eigenvalue weighted by Crippen LogP contribution is 2.02. The molecule has 5 heteroatoms. The quantitative estimate of drug-likeness (QED) is 0.358. The summed E-state index contributed by atoms with van der Waals surface area (Å²) in [5.74, 6) is 6.78. The number of nitrogens with two attached hydrogens (primary N) is 1. The molecule has 0 aliphatic rings. The van der Waals surface area contributed by atoms with E-state index in [0.29, 0.717) is 12.5 Å². The number of aromatic nitrogens is 1. The van der Waals surface area contributed by atoms with Gasteiger partial charge >= 0.3 is 0 Å². The monoisotopic (exact) mass is 249 g/mol. The molecule has 5 nitrogen and oxygen atoms in total. The maximum Gasteiger partial charge on any atom is 0.208 e. The number of hydrogen-bond acceptors (Lipinski definition) is 3. The van der Waals surface area contributed by atoms with Gasteiger partial charge < -0.3 is 4.90 Å². The second-order valence-corrected chi connectivity index (χ2v) is 4.54. The van der Waals surface area contributed by atoms with Crippen molar-refractivity contribution in [3.63, 3.8) is 0 Å². The van der Waals surface area contributed by atoms with Crippen molar-refractivity contribution in [3.8, 4) is 0 Å². The molecule has 0 spiro atoms. The number of aliphatic imine (C=N–C) groups is 1. The third-order valence-electron chi connectivity index (χ3n) is 2.50. The number of hydrazine groups is 1. The summed E-state index contributed by atoms with van der Waals surface area (Å²) in [5, 5.41) is 0. The van der Waals surface area contributed by atoms with E-state index < -0.39 is 0 Å². The average molecular weight is 249 g/mol. The minimum Gasteiger partial charge on any atom is -0.336 e. The normalized spacial score (nSPS) is 11.7. The molecule has 0 aromatic carbocycles. The molecule has 0 aliphatic carbocycles. The zero-order valence-electron chi connectivity index (χ0n) is 11.4. The Labute approximate surface area is 109 Å². The molecule has 0 fully saturated rings. The summed E-state index contributed by atoms with van der Waals surface area (Å²) in [6.07, 6.45) is 1.80. The van der Waals surface area contributed by atoms with Crippen LogP contribution in [0.5, 0.6) is 0 Å². The molecule has 100 valence electrons. The number of rotatable bonds is 5. The van der Waals surface area contributed by atoms with Crippen LogP contribution < -0.4 is 11.3 Å². The van der Waals surface area contributed by atoms with Gasteiger partial charge in [-0.3, -0.25) is 15.4 Å². The Morgan fingerprint density at radius 1 is 1.50 bits per heavy atom. The first-order valence-corrected chi connectivity index (χ1v) is 6.33. The molecule has 0 unspecified atom stereocenters. The Morgan fingerprint density at radius 2 is 2.28 bits per heavy atom. The molecular weight excluding hydrogens is 226 g/mol. The summed E-state index contributed by atoms with van der Waals surface area (Å²) in [4.78, 5) is 10.9. The standard InChI is InChI=1S/C13H23N5/c1-4-18(10-12-7-5-6-8-15-12)13(17-14)16-9-11(2)3/h5-8,11H,4,9-10,14H2,1-3H3,(H,16,17). The van der Waals surface area contributed by atoms with Crippen molar-refractivity contribution in [1.29, 1.82) is 0 Å². The smallest absolute Gasteiger partial charge is 0.208 e.